The van der Waals surface area contributed by atoms with Gasteiger partial charge in [-0.15, -0.1) is 0 Å². The van der Waals surface area contributed by atoms with Crippen molar-refractivity contribution < 1.29 is 17.9 Å². The number of sulfonamides is 1. The molecule has 0 aliphatic rings. The maximum atomic E-state index is 12.0. The van der Waals surface area contributed by atoms with Gasteiger partial charge in [-0.3, -0.25) is 4.79 Å². The van der Waals surface area contributed by atoms with Gasteiger partial charge in [-0.05, 0) is 37.6 Å². The summed E-state index contributed by atoms with van der Waals surface area (Å²) in [6.45, 7) is 2.84. The SMILES string of the molecule is Cc1ccc(OCCCC(=O)NCCNS(=O)(=O)c2ccccc2)cc1. The third-order valence-corrected chi connectivity index (χ3v) is 5.11. The van der Waals surface area contributed by atoms with E-state index in [2.05, 4.69) is 10.0 Å². The molecule has 0 spiro atoms. The van der Waals surface area contributed by atoms with Crippen LogP contribution in [0.5, 0.6) is 5.75 Å². The van der Waals surface area contributed by atoms with Gasteiger partial charge in [0.1, 0.15) is 5.75 Å². The molecule has 0 atom stereocenters. The molecule has 0 aliphatic heterocycles. The van der Waals surface area contributed by atoms with Crippen molar-refractivity contribution in [2.45, 2.75) is 24.7 Å². The van der Waals surface area contributed by atoms with Crippen molar-refractivity contribution in [3.05, 3.63) is 60.2 Å². The smallest absolute Gasteiger partial charge is 0.240 e. The van der Waals surface area contributed by atoms with Crippen LogP contribution in [-0.2, 0) is 14.8 Å². The highest BCUT2D eigenvalue weighted by atomic mass is 32.2. The number of amides is 1. The molecule has 7 heteroatoms. The van der Waals surface area contributed by atoms with E-state index in [1.165, 1.54) is 17.7 Å². The lowest BCUT2D eigenvalue weighted by Crippen LogP contribution is -2.34. The summed E-state index contributed by atoms with van der Waals surface area (Å²) in [5, 5.41) is 2.69. The zero-order valence-corrected chi connectivity index (χ0v) is 15.6. The van der Waals surface area contributed by atoms with Gasteiger partial charge in [0.2, 0.25) is 15.9 Å². The molecule has 0 aliphatic carbocycles. The van der Waals surface area contributed by atoms with Crippen LogP contribution in [0.1, 0.15) is 18.4 Å². The van der Waals surface area contributed by atoms with Crippen molar-refractivity contribution in [3.8, 4) is 5.75 Å². The maximum Gasteiger partial charge on any atom is 0.240 e. The Hall–Kier alpha value is -2.38. The highest BCUT2D eigenvalue weighted by Crippen LogP contribution is 2.11. The number of carbonyl (C=O) groups is 1. The average Bonchev–Trinajstić information content (AvgIpc) is 2.64. The van der Waals surface area contributed by atoms with Crippen molar-refractivity contribution in [3.63, 3.8) is 0 Å². The fourth-order valence-corrected chi connectivity index (χ4v) is 3.27. The van der Waals surface area contributed by atoms with Gasteiger partial charge in [-0.1, -0.05) is 35.9 Å². The fourth-order valence-electron chi connectivity index (χ4n) is 2.22. The Labute approximate surface area is 154 Å². The van der Waals surface area contributed by atoms with Crippen LogP contribution in [0.2, 0.25) is 0 Å². The van der Waals surface area contributed by atoms with E-state index in [-0.39, 0.29) is 23.9 Å². The molecule has 1 amide bonds. The van der Waals surface area contributed by atoms with Crippen molar-refractivity contribution >= 4 is 15.9 Å². The summed E-state index contributed by atoms with van der Waals surface area (Å²) in [7, 11) is -3.53. The van der Waals surface area contributed by atoms with Crippen molar-refractivity contribution in [1.82, 2.24) is 10.0 Å². The molecule has 140 valence electrons. The second-order valence-corrected chi connectivity index (χ2v) is 7.59. The summed E-state index contributed by atoms with van der Waals surface area (Å²) >= 11 is 0. The first-order valence-corrected chi connectivity index (χ1v) is 9.96. The molecule has 2 aromatic rings. The van der Waals surface area contributed by atoms with Crippen molar-refractivity contribution in [2.24, 2.45) is 0 Å². The first-order valence-electron chi connectivity index (χ1n) is 8.48. The molecule has 2 rings (SSSR count). The monoisotopic (exact) mass is 376 g/mol. The predicted octanol–water partition coefficient (Wildman–Crippen LogP) is 2.25. The summed E-state index contributed by atoms with van der Waals surface area (Å²) in [6.07, 6.45) is 0.923. The Morgan fingerprint density at radius 3 is 2.38 bits per heavy atom. The molecule has 0 unspecified atom stereocenters. The molecule has 0 bridgehead atoms. The first-order chi connectivity index (χ1) is 12.5. The van der Waals surface area contributed by atoms with Crippen molar-refractivity contribution in [2.75, 3.05) is 19.7 Å². The molecule has 0 heterocycles. The molecule has 6 nitrogen and oxygen atoms in total. The Kier molecular flexibility index (Phi) is 7.62. The van der Waals surface area contributed by atoms with Gasteiger partial charge < -0.3 is 10.1 Å². The van der Waals surface area contributed by atoms with Gasteiger partial charge in [0.15, 0.2) is 0 Å². The van der Waals surface area contributed by atoms with Crippen LogP contribution < -0.4 is 14.8 Å². The van der Waals surface area contributed by atoms with E-state index >= 15 is 0 Å². The standard InChI is InChI=1S/C19H24N2O4S/c1-16-9-11-17(12-10-16)25-15-5-8-19(22)20-13-14-21-26(23,24)18-6-3-2-4-7-18/h2-4,6-7,9-12,21H,5,8,13-15H2,1H3,(H,20,22). The zero-order chi connectivity index (χ0) is 18.8. The van der Waals surface area contributed by atoms with E-state index < -0.39 is 10.0 Å². The molecule has 0 fully saturated rings. The number of rotatable bonds is 10. The quantitative estimate of drug-likeness (QED) is 0.623. The molecule has 0 saturated carbocycles. The number of ether oxygens (including phenoxy) is 1. The molecular formula is C19H24N2O4S. The van der Waals surface area contributed by atoms with Crippen LogP contribution in [0.25, 0.3) is 0 Å². The van der Waals surface area contributed by atoms with Crippen LogP contribution in [0.3, 0.4) is 0 Å². The minimum atomic E-state index is -3.53. The van der Waals surface area contributed by atoms with Crippen LogP contribution >= 0.6 is 0 Å². The third kappa shape index (κ3) is 6.85. The lowest BCUT2D eigenvalue weighted by atomic mass is 10.2. The molecule has 0 aromatic heterocycles. The fraction of sp³-hybridized carbons (Fsp3) is 0.316. The normalized spacial score (nSPS) is 11.1. The third-order valence-electron chi connectivity index (χ3n) is 3.63. The van der Waals surface area contributed by atoms with Gasteiger partial charge in [0.05, 0.1) is 11.5 Å². The Morgan fingerprint density at radius 2 is 1.69 bits per heavy atom. The lowest BCUT2D eigenvalue weighted by molar-refractivity contribution is -0.121. The van der Waals surface area contributed by atoms with Gasteiger partial charge in [0.25, 0.3) is 0 Å². The largest absolute Gasteiger partial charge is 0.494 e. The van der Waals surface area contributed by atoms with E-state index in [1.54, 1.807) is 18.2 Å². The summed E-state index contributed by atoms with van der Waals surface area (Å²) in [4.78, 5) is 12.0. The van der Waals surface area contributed by atoms with Crippen LogP contribution in [0.15, 0.2) is 59.5 Å². The summed E-state index contributed by atoms with van der Waals surface area (Å²) < 4.78 is 32.0. The minimum Gasteiger partial charge on any atom is -0.494 e. The van der Waals surface area contributed by atoms with Gasteiger partial charge in [0, 0.05) is 19.5 Å². The topological polar surface area (TPSA) is 84.5 Å². The number of carbonyl (C=O) groups excluding carboxylic acids is 1. The number of hydrogen-bond donors (Lipinski definition) is 2. The molecule has 26 heavy (non-hydrogen) atoms. The Bertz CT molecular complexity index is 790. The molecule has 0 radical (unpaired) electrons. The molecule has 2 N–H and O–H groups in total. The molecule has 0 saturated heterocycles. The van der Waals surface area contributed by atoms with E-state index in [0.717, 1.165) is 5.75 Å². The highest BCUT2D eigenvalue weighted by molar-refractivity contribution is 7.89. The van der Waals surface area contributed by atoms with Gasteiger partial charge in [-0.25, -0.2) is 13.1 Å². The van der Waals surface area contributed by atoms with E-state index in [0.29, 0.717) is 19.4 Å². The second-order valence-electron chi connectivity index (χ2n) is 5.83. The van der Waals surface area contributed by atoms with Crippen LogP contribution in [0, 0.1) is 6.92 Å². The number of aryl methyl sites for hydroxylation is 1. The number of benzene rings is 2. The van der Waals surface area contributed by atoms with Gasteiger partial charge in [-0.2, -0.15) is 0 Å². The van der Waals surface area contributed by atoms with E-state index in [4.69, 9.17) is 4.74 Å². The Balaban J connectivity index is 1.58. The lowest BCUT2D eigenvalue weighted by Gasteiger charge is -2.09. The Morgan fingerprint density at radius 1 is 1.00 bits per heavy atom. The number of hydrogen-bond acceptors (Lipinski definition) is 4. The average molecular weight is 376 g/mol. The second kappa shape index (κ2) is 9.94. The maximum absolute atomic E-state index is 12.0. The summed E-state index contributed by atoms with van der Waals surface area (Å²) in [5.74, 6) is 0.655. The minimum absolute atomic E-state index is 0.128. The van der Waals surface area contributed by atoms with E-state index in [1.807, 2.05) is 31.2 Å². The molecular weight excluding hydrogens is 352 g/mol. The predicted molar refractivity (Wildman–Crippen MR) is 101 cm³/mol. The van der Waals surface area contributed by atoms with E-state index in [9.17, 15) is 13.2 Å². The van der Waals surface area contributed by atoms with Gasteiger partial charge >= 0.3 is 0 Å². The summed E-state index contributed by atoms with van der Waals surface area (Å²) in [5.41, 5.74) is 1.17. The number of nitrogens with one attached hydrogen (secondary N) is 2. The highest BCUT2D eigenvalue weighted by Gasteiger charge is 2.12. The first kappa shape index (κ1) is 19.9. The zero-order valence-electron chi connectivity index (χ0n) is 14.8. The van der Waals surface area contributed by atoms with Crippen molar-refractivity contribution in [1.29, 1.82) is 0 Å². The van der Waals surface area contributed by atoms with Crippen LogP contribution in [-0.4, -0.2) is 34.0 Å². The summed E-state index contributed by atoms with van der Waals surface area (Å²) in [6, 6.07) is 15.9. The van der Waals surface area contributed by atoms with Crippen LogP contribution in [0.4, 0.5) is 0 Å². The molecule has 2 aromatic carbocycles.